The zero-order chi connectivity index (χ0) is 25.5. The number of ether oxygens (including phenoxy) is 1. The van der Waals surface area contributed by atoms with Gasteiger partial charge in [0.25, 0.3) is 0 Å². The lowest BCUT2D eigenvalue weighted by atomic mass is 9.98. The topological polar surface area (TPSA) is 22.1 Å². The van der Waals surface area contributed by atoms with Gasteiger partial charge in [-0.1, -0.05) is 50.1 Å². The molecule has 0 spiro atoms. The molecule has 0 fully saturated rings. The summed E-state index contributed by atoms with van der Waals surface area (Å²) >= 11 is 0. The Labute approximate surface area is 209 Å². The number of fused-ring (bicyclic) bond motifs is 1. The Hall–Kier alpha value is -3.41. The van der Waals surface area contributed by atoms with E-state index in [-0.39, 0.29) is 24.2 Å². The first-order valence-corrected chi connectivity index (χ1v) is 12.4. The van der Waals surface area contributed by atoms with Crippen molar-refractivity contribution in [2.45, 2.75) is 51.9 Å². The van der Waals surface area contributed by atoms with E-state index in [4.69, 9.17) is 4.74 Å². The number of aromatic nitrogens is 1. The van der Waals surface area contributed by atoms with Crippen LogP contribution in [0.1, 0.15) is 48.6 Å². The summed E-state index contributed by atoms with van der Waals surface area (Å²) in [4.78, 5) is 4.49. The Balaban J connectivity index is 1.37. The highest BCUT2D eigenvalue weighted by Crippen LogP contribution is 2.25. The number of hydrogen-bond acceptors (Lipinski definition) is 2. The van der Waals surface area contributed by atoms with Crippen LogP contribution in [0.2, 0.25) is 0 Å². The number of halogens is 4. The van der Waals surface area contributed by atoms with Crippen LogP contribution in [-0.2, 0) is 25.7 Å². The van der Waals surface area contributed by atoms with Crippen molar-refractivity contribution < 1.29 is 22.3 Å². The first-order valence-electron chi connectivity index (χ1n) is 12.4. The first-order chi connectivity index (χ1) is 17.4. The molecule has 0 bridgehead atoms. The fraction of sp³-hybridized carbons (Fsp3) is 0.300. The molecule has 188 valence electrons. The van der Waals surface area contributed by atoms with Crippen molar-refractivity contribution in [3.63, 3.8) is 0 Å². The van der Waals surface area contributed by atoms with Gasteiger partial charge >= 0.3 is 0 Å². The first kappa shape index (κ1) is 25.7. The quantitative estimate of drug-likeness (QED) is 0.120. The van der Waals surface area contributed by atoms with E-state index in [2.05, 4.69) is 11.9 Å². The van der Waals surface area contributed by atoms with Gasteiger partial charge in [-0.2, -0.15) is 0 Å². The van der Waals surface area contributed by atoms with Crippen molar-refractivity contribution in [1.82, 2.24) is 4.98 Å². The Morgan fingerprint density at radius 3 is 2.22 bits per heavy atom. The van der Waals surface area contributed by atoms with Crippen LogP contribution in [0.4, 0.5) is 17.6 Å². The molecule has 0 amide bonds. The average Bonchev–Trinajstić information content (AvgIpc) is 2.88. The summed E-state index contributed by atoms with van der Waals surface area (Å²) in [5, 5.41) is 1.28. The molecule has 3 aromatic carbocycles. The molecule has 0 atom stereocenters. The lowest BCUT2D eigenvalue weighted by Crippen LogP contribution is -2.00. The summed E-state index contributed by atoms with van der Waals surface area (Å²) < 4.78 is 60.9. The molecule has 0 aliphatic rings. The lowest BCUT2D eigenvalue weighted by Gasteiger charge is -2.10. The molecule has 0 radical (unpaired) electrons. The summed E-state index contributed by atoms with van der Waals surface area (Å²) in [7, 11) is 0. The van der Waals surface area contributed by atoms with E-state index in [1.165, 1.54) is 0 Å². The normalized spacial score (nSPS) is 11.2. The molecule has 4 aromatic rings. The van der Waals surface area contributed by atoms with Crippen LogP contribution in [0.15, 0.2) is 60.8 Å². The smallest absolute Gasteiger partial charge is 0.194 e. The summed E-state index contributed by atoms with van der Waals surface area (Å²) in [6.07, 6.45) is 7.08. The SMILES string of the molecule is CCCCCOc1ccc(CCc2ccc3c(F)c(CCc4cc(F)c(F)c(F)c4)ccc3c2)nc1. The van der Waals surface area contributed by atoms with Gasteiger partial charge in [-0.3, -0.25) is 4.98 Å². The molecule has 1 heterocycles. The number of pyridine rings is 1. The summed E-state index contributed by atoms with van der Waals surface area (Å²) in [6.45, 7) is 2.86. The van der Waals surface area contributed by atoms with E-state index in [0.29, 0.717) is 17.6 Å². The van der Waals surface area contributed by atoms with Crippen molar-refractivity contribution in [3.05, 3.63) is 106 Å². The number of aryl methyl sites for hydroxylation is 4. The zero-order valence-corrected chi connectivity index (χ0v) is 20.3. The van der Waals surface area contributed by atoms with Gasteiger partial charge < -0.3 is 4.74 Å². The summed E-state index contributed by atoms with van der Waals surface area (Å²) in [5.41, 5.74) is 2.77. The molecular formula is C30H29F4NO. The second-order valence-corrected chi connectivity index (χ2v) is 9.01. The van der Waals surface area contributed by atoms with Crippen LogP contribution >= 0.6 is 0 Å². The molecule has 4 rings (SSSR count). The monoisotopic (exact) mass is 495 g/mol. The number of nitrogens with zero attached hydrogens (tertiary/aromatic N) is 1. The molecule has 0 saturated carbocycles. The Morgan fingerprint density at radius 2 is 1.50 bits per heavy atom. The van der Waals surface area contributed by atoms with Gasteiger partial charge in [0.15, 0.2) is 17.5 Å². The van der Waals surface area contributed by atoms with Crippen molar-refractivity contribution in [3.8, 4) is 5.75 Å². The maximum atomic E-state index is 15.1. The lowest BCUT2D eigenvalue weighted by molar-refractivity contribution is 0.305. The molecule has 0 aliphatic heterocycles. The molecule has 2 nitrogen and oxygen atoms in total. The fourth-order valence-corrected chi connectivity index (χ4v) is 4.23. The van der Waals surface area contributed by atoms with Crippen molar-refractivity contribution in [1.29, 1.82) is 0 Å². The highest BCUT2D eigenvalue weighted by Gasteiger charge is 2.13. The van der Waals surface area contributed by atoms with Gasteiger partial charge in [0.2, 0.25) is 0 Å². The zero-order valence-electron chi connectivity index (χ0n) is 20.3. The van der Waals surface area contributed by atoms with E-state index < -0.39 is 17.5 Å². The highest BCUT2D eigenvalue weighted by molar-refractivity contribution is 5.84. The average molecular weight is 496 g/mol. The van der Waals surface area contributed by atoms with Crippen LogP contribution in [0.5, 0.6) is 5.75 Å². The minimum absolute atomic E-state index is 0.199. The third-order valence-corrected chi connectivity index (χ3v) is 6.31. The van der Waals surface area contributed by atoms with Crippen LogP contribution in [0.3, 0.4) is 0 Å². The third kappa shape index (κ3) is 6.42. The van der Waals surface area contributed by atoms with Gasteiger partial charge in [-0.15, -0.1) is 0 Å². The molecule has 6 heteroatoms. The Morgan fingerprint density at radius 1 is 0.722 bits per heavy atom. The van der Waals surface area contributed by atoms with Crippen molar-refractivity contribution >= 4 is 10.8 Å². The maximum Gasteiger partial charge on any atom is 0.194 e. The highest BCUT2D eigenvalue weighted by atomic mass is 19.2. The second-order valence-electron chi connectivity index (χ2n) is 9.01. The molecule has 36 heavy (non-hydrogen) atoms. The number of unbranched alkanes of at least 4 members (excludes halogenated alkanes) is 2. The molecular weight excluding hydrogens is 466 g/mol. The van der Waals surface area contributed by atoms with E-state index in [1.54, 1.807) is 18.3 Å². The van der Waals surface area contributed by atoms with Gasteiger partial charge in [-0.25, -0.2) is 17.6 Å². The summed E-state index contributed by atoms with van der Waals surface area (Å²) in [5.74, 6) is -3.54. The molecule has 0 saturated heterocycles. The molecule has 0 aliphatic carbocycles. The predicted molar refractivity (Wildman–Crippen MR) is 134 cm³/mol. The van der Waals surface area contributed by atoms with Crippen LogP contribution in [-0.4, -0.2) is 11.6 Å². The number of hydrogen-bond donors (Lipinski definition) is 0. The Kier molecular flexibility index (Phi) is 8.57. The minimum Gasteiger partial charge on any atom is -0.492 e. The van der Waals surface area contributed by atoms with Gasteiger partial charge in [-0.05, 0) is 78.4 Å². The largest absolute Gasteiger partial charge is 0.492 e. The van der Waals surface area contributed by atoms with Gasteiger partial charge in [0, 0.05) is 11.1 Å². The van der Waals surface area contributed by atoms with Crippen molar-refractivity contribution in [2.75, 3.05) is 6.61 Å². The van der Waals surface area contributed by atoms with E-state index in [0.717, 1.165) is 66.6 Å². The van der Waals surface area contributed by atoms with E-state index in [1.807, 2.05) is 30.3 Å². The molecule has 0 unspecified atom stereocenters. The van der Waals surface area contributed by atoms with Crippen LogP contribution in [0.25, 0.3) is 10.8 Å². The fourth-order valence-electron chi connectivity index (χ4n) is 4.23. The second kappa shape index (κ2) is 12.0. The van der Waals surface area contributed by atoms with E-state index >= 15 is 4.39 Å². The Bertz CT molecular complexity index is 1300. The molecule has 1 aromatic heterocycles. The van der Waals surface area contributed by atoms with Crippen LogP contribution in [0, 0.1) is 23.3 Å². The minimum atomic E-state index is -1.49. The molecule has 0 N–H and O–H groups in total. The standard InChI is InChI=1S/C30H29F4NO/c1-2-3-4-15-36-25-13-12-24(35-19-25)11-6-20-7-14-26-23(16-20)10-9-22(29(26)33)8-5-21-17-27(31)30(34)28(32)18-21/h7,9-10,12-14,16-19H,2-6,8,11,15H2,1H3. The van der Waals surface area contributed by atoms with E-state index in [9.17, 15) is 13.2 Å². The third-order valence-electron chi connectivity index (χ3n) is 6.31. The van der Waals surface area contributed by atoms with Crippen LogP contribution < -0.4 is 4.74 Å². The van der Waals surface area contributed by atoms with Crippen molar-refractivity contribution in [2.24, 2.45) is 0 Å². The predicted octanol–water partition coefficient (Wildman–Crippen LogP) is 7.93. The van der Waals surface area contributed by atoms with Gasteiger partial charge in [0.05, 0.1) is 12.8 Å². The van der Waals surface area contributed by atoms with Gasteiger partial charge in [0.1, 0.15) is 11.6 Å². The number of benzene rings is 3. The maximum absolute atomic E-state index is 15.1. The summed E-state index contributed by atoms with van der Waals surface area (Å²) in [6, 6.07) is 15.0. The number of rotatable bonds is 11.